The molecule has 0 bridgehead atoms. The molecule has 0 fully saturated rings. The van der Waals surface area contributed by atoms with Crippen molar-refractivity contribution in [2.45, 2.75) is 40.2 Å². The molecule has 1 aromatic rings. The topological polar surface area (TPSA) is 79.3 Å². The summed E-state index contributed by atoms with van der Waals surface area (Å²) < 4.78 is 0. The van der Waals surface area contributed by atoms with E-state index in [1.165, 1.54) is 11.3 Å². The van der Waals surface area contributed by atoms with Gasteiger partial charge in [0, 0.05) is 0 Å². The van der Waals surface area contributed by atoms with Gasteiger partial charge in [-0.05, 0) is 19.8 Å². The van der Waals surface area contributed by atoms with Crippen molar-refractivity contribution < 1.29 is 14.7 Å². The molecule has 0 unspecified atom stereocenters. The highest BCUT2D eigenvalue weighted by atomic mass is 32.1. The molecule has 0 spiro atoms. The number of carboxylic acids is 1. The molecule has 18 heavy (non-hydrogen) atoms. The summed E-state index contributed by atoms with van der Waals surface area (Å²) in [6, 6.07) is -0.857. The molecule has 1 heterocycles. The Morgan fingerprint density at radius 2 is 2.06 bits per heavy atom. The van der Waals surface area contributed by atoms with Crippen LogP contribution >= 0.6 is 11.3 Å². The van der Waals surface area contributed by atoms with E-state index in [4.69, 9.17) is 5.11 Å². The zero-order valence-corrected chi connectivity index (χ0v) is 11.8. The van der Waals surface area contributed by atoms with Crippen molar-refractivity contribution in [2.75, 3.05) is 0 Å². The van der Waals surface area contributed by atoms with Crippen LogP contribution in [-0.2, 0) is 4.79 Å². The van der Waals surface area contributed by atoms with Crippen molar-refractivity contribution in [1.29, 1.82) is 0 Å². The van der Waals surface area contributed by atoms with Crippen LogP contribution in [0.1, 0.15) is 40.6 Å². The Morgan fingerprint density at radius 1 is 1.44 bits per heavy atom. The summed E-state index contributed by atoms with van der Waals surface area (Å²) in [7, 11) is 0. The third-order valence-corrected chi connectivity index (χ3v) is 3.95. The van der Waals surface area contributed by atoms with E-state index in [2.05, 4.69) is 10.3 Å². The minimum Gasteiger partial charge on any atom is -0.480 e. The molecule has 2 atom stereocenters. The fourth-order valence-electron chi connectivity index (χ4n) is 1.63. The number of amides is 1. The molecule has 100 valence electrons. The minimum absolute atomic E-state index is 0.110. The molecule has 0 aromatic carbocycles. The maximum atomic E-state index is 12.0. The molecule has 1 rings (SSSR count). The lowest BCUT2D eigenvalue weighted by atomic mass is 9.99. The van der Waals surface area contributed by atoms with E-state index in [0.717, 1.165) is 5.01 Å². The van der Waals surface area contributed by atoms with Gasteiger partial charge in [0.25, 0.3) is 5.91 Å². The van der Waals surface area contributed by atoms with Crippen molar-refractivity contribution in [3.8, 4) is 0 Å². The Morgan fingerprint density at radius 3 is 2.44 bits per heavy atom. The number of nitrogens with zero attached hydrogens (tertiary/aromatic N) is 1. The molecular formula is C12H18N2O3S. The predicted octanol–water partition coefficient (Wildman–Crippen LogP) is 1.99. The molecule has 0 radical (unpaired) electrons. The van der Waals surface area contributed by atoms with Crippen LogP contribution in [0.25, 0.3) is 0 Å². The van der Waals surface area contributed by atoms with Crippen LogP contribution in [0.2, 0.25) is 0 Å². The fraction of sp³-hybridized carbons (Fsp3) is 0.583. The lowest BCUT2D eigenvalue weighted by molar-refractivity contribution is -0.140. The summed E-state index contributed by atoms with van der Waals surface area (Å²) in [5.74, 6) is -1.47. The molecule has 0 aliphatic carbocycles. The van der Waals surface area contributed by atoms with E-state index in [-0.39, 0.29) is 11.8 Å². The lowest BCUT2D eigenvalue weighted by Gasteiger charge is -2.19. The fourth-order valence-corrected chi connectivity index (χ4v) is 2.45. The molecule has 0 saturated heterocycles. The molecule has 0 aliphatic heterocycles. The standard InChI is InChI=1S/C12H18N2O3S/c1-5-6(2)9(12(16)17)14-11(15)10-7(3)13-8(4)18-10/h6,9H,5H2,1-4H3,(H,14,15)(H,16,17)/t6-,9+/m0/s1. The number of thiazole rings is 1. The Labute approximate surface area is 110 Å². The third kappa shape index (κ3) is 3.29. The van der Waals surface area contributed by atoms with Crippen molar-refractivity contribution in [3.63, 3.8) is 0 Å². The van der Waals surface area contributed by atoms with Crippen LogP contribution in [0.4, 0.5) is 0 Å². The van der Waals surface area contributed by atoms with Crippen LogP contribution in [0, 0.1) is 19.8 Å². The zero-order valence-electron chi connectivity index (χ0n) is 11.0. The molecule has 1 aromatic heterocycles. The van der Waals surface area contributed by atoms with Crippen molar-refractivity contribution in [3.05, 3.63) is 15.6 Å². The van der Waals surface area contributed by atoms with Gasteiger partial charge in [-0.1, -0.05) is 20.3 Å². The van der Waals surface area contributed by atoms with E-state index < -0.39 is 12.0 Å². The molecule has 0 aliphatic rings. The maximum absolute atomic E-state index is 12.0. The highest BCUT2D eigenvalue weighted by Gasteiger charge is 2.27. The second-order valence-electron chi connectivity index (χ2n) is 4.32. The van der Waals surface area contributed by atoms with Gasteiger partial charge in [-0.15, -0.1) is 11.3 Å². The summed E-state index contributed by atoms with van der Waals surface area (Å²) in [5.41, 5.74) is 0.642. The molecule has 1 amide bonds. The average molecular weight is 270 g/mol. The maximum Gasteiger partial charge on any atom is 0.326 e. The highest BCUT2D eigenvalue weighted by Crippen LogP contribution is 2.18. The Kier molecular flexibility index (Phi) is 4.84. The summed E-state index contributed by atoms with van der Waals surface area (Å²) in [5, 5.41) is 12.5. The number of nitrogens with one attached hydrogen (secondary N) is 1. The first-order chi connectivity index (χ1) is 8.36. The van der Waals surface area contributed by atoms with Crippen LogP contribution < -0.4 is 5.32 Å². The molecule has 2 N–H and O–H groups in total. The molecule has 5 nitrogen and oxygen atoms in total. The van der Waals surface area contributed by atoms with E-state index in [0.29, 0.717) is 17.0 Å². The Bertz CT molecular complexity index is 456. The lowest BCUT2D eigenvalue weighted by Crippen LogP contribution is -2.44. The first-order valence-corrected chi connectivity index (χ1v) is 6.66. The smallest absolute Gasteiger partial charge is 0.326 e. The predicted molar refractivity (Wildman–Crippen MR) is 69.9 cm³/mol. The third-order valence-electron chi connectivity index (χ3n) is 2.88. The van der Waals surface area contributed by atoms with Gasteiger partial charge in [-0.3, -0.25) is 4.79 Å². The van der Waals surface area contributed by atoms with Gasteiger partial charge in [0.1, 0.15) is 10.9 Å². The second kappa shape index (κ2) is 5.95. The van der Waals surface area contributed by atoms with E-state index >= 15 is 0 Å². The van der Waals surface area contributed by atoms with Gasteiger partial charge in [0.2, 0.25) is 0 Å². The molecule has 6 heteroatoms. The van der Waals surface area contributed by atoms with Crippen molar-refractivity contribution in [2.24, 2.45) is 5.92 Å². The Balaban J connectivity index is 2.85. The van der Waals surface area contributed by atoms with Crippen LogP contribution in [0.3, 0.4) is 0 Å². The van der Waals surface area contributed by atoms with Gasteiger partial charge in [-0.25, -0.2) is 9.78 Å². The summed E-state index contributed by atoms with van der Waals surface area (Å²) in [4.78, 5) is 27.8. The molecule has 0 saturated carbocycles. The quantitative estimate of drug-likeness (QED) is 0.857. The SMILES string of the molecule is CC[C@H](C)[C@@H](NC(=O)c1sc(C)nc1C)C(=O)O. The number of hydrogen-bond donors (Lipinski definition) is 2. The van der Waals surface area contributed by atoms with E-state index in [1.54, 1.807) is 6.92 Å². The van der Waals surface area contributed by atoms with Crippen LogP contribution in [0.15, 0.2) is 0 Å². The summed E-state index contributed by atoms with van der Waals surface area (Å²) in [6.45, 7) is 7.27. The van der Waals surface area contributed by atoms with Gasteiger partial charge >= 0.3 is 5.97 Å². The summed E-state index contributed by atoms with van der Waals surface area (Å²) in [6.07, 6.45) is 0.692. The highest BCUT2D eigenvalue weighted by molar-refractivity contribution is 7.13. The average Bonchev–Trinajstić information content (AvgIpc) is 2.63. The van der Waals surface area contributed by atoms with Crippen molar-refractivity contribution >= 4 is 23.2 Å². The first kappa shape index (κ1) is 14.6. The number of rotatable bonds is 5. The summed E-state index contributed by atoms with van der Waals surface area (Å²) >= 11 is 1.28. The zero-order chi connectivity index (χ0) is 13.9. The van der Waals surface area contributed by atoms with Gasteiger partial charge in [-0.2, -0.15) is 0 Å². The largest absolute Gasteiger partial charge is 0.480 e. The number of hydrogen-bond acceptors (Lipinski definition) is 4. The number of aromatic nitrogens is 1. The minimum atomic E-state index is -1.00. The van der Waals surface area contributed by atoms with E-state index in [9.17, 15) is 9.59 Å². The number of aliphatic carboxylic acids is 1. The van der Waals surface area contributed by atoms with Crippen molar-refractivity contribution in [1.82, 2.24) is 10.3 Å². The van der Waals surface area contributed by atoms with E-state index in [1.807, 2.05) is 20.8 Å². The van der Waals surface area contributed by atoms with Gasteiger partial charge in [0.05, 0.1) is 10.7 Å². The Hall–Kier alpha value is -1.43. The molecular weight excluding hydrogens is 252 g/mol. The first-order valence-electron chi connectivity index (χ1n) is 5.84. The second-order valence-corrected chi connectivity index (χ2v) is 5.53. The monoisotopic (exact) mass is 270 g/mol. The number of carboxylic acid groups (broad SMARTS) is 1. The van der Waals surface area contributed by atoms with Crippen LogP contribution in [-0.4, -0.2) is 28.0 Å². The van der Waals surface area contributed by atoms with Gasteiger partial charge in [0.15, 0.2) is 0 Å². The number of carbonyl (C=O) groups is 2. The van der Waals surface area contributed by atoms with Crippen LogP contribution in [0.5, 0.6) is 0 Å². The van der Waals surface area contributed by atoms with Gasteiger partial charge < -0.3 is 10.4 Å². The number of carbonyl (C=O) groups excluding carboxylic acids is 1. The normalized spacial score (nSPS) is 14.0. The number of aryl methyl sites for hydroxylation is 2.